The van der Waals surface area contributed by atoms with Gasteiger partial charge in [-0.2, -0.15) is 0 Å². The van der Waals surface area contributed by atoms with Crippen LogP contribution in [0.1, 0.15) is 47.9 Å². The van der Waals surface area contributed by atoms with Crippen LogP contribution in [0.5, 0.6) is 0 Å². The Hall–Kier alpha value is -1.99. The molecule has 3 heterocycles. The molecule has 0 spiro atoms. The van der Waals surface area contributed by atoms with Crippen molar-refractivity contribution in [2.75, 3.05) is 20.1 Å². The second kappa shape index (κ2) is 8.21. The third-order valence-electron chi connectivity index (χ3n) is 4.50. The number of pyridine rings is 1. The van der Waals surface area contributed by atoms with Crippen LogP contribution in [0.15, 0.2) is 30.7 Å². The number of piperidine rings is 1. The van der Waals surface area contributed by atoms with Crippen LogP contribution in [0, 0.1) is 0 Å². The highest BCUT2D eigenvalue weighted by atomic mass is 35.5. The molecule has 2 aromatic rings. The van der Waals surface area contributed by atoms with Crippen molar-refractivity contribution in [3.05, 3.63) is 42.0 Å². The quantitative estimate of drug-likeness (QED) is 0.910. The van der Waals surface area contributed by atoms with Gasteiger partial charge >= 0.3 is 0 Å². The van der Waals surface area contributed by atoms with E-state index in [0.29, 0.717) is 11.7 Å². The Kier molecular flexibility index (Phi) is 6.28. The van der Waals surface area contributed by atoms with E-state index < -0.39 is 0 Å². The highest BCUT2D eigenvalue weighted by Crippen LogP contribution is 2.21. The number of hydrogen-bond acceptors (Lipinski definition) is 5. The van der Waals surface area contributed by atoms with Crippen LogP contribution in [0.4, 0.5) is 0 Å². The van der Waals surface area contributed by atoms with E-state index in [1.54, 1.807) is 30.5 Å². The minimum absolute atomic E-state index is 0. The monoisotopic (exact) mass is 350 g/mol. The van der Waals surface area contributed by atoms with Gasteiger partial charge < -0.3 is 10.2 Å². The Morgan fingerprint density at radius 3 is 2.67 bits per heavy atom. The van der Waals surface area contributed by atoms with Gasteiger partial charge in [-0.3, -0.25) is 9.78 Å². The highest BCUT2D eigenvalue weighted by molar-refractivity contribution is 5.92. The molecule has 1 amide bonds. The van der Waals surface area contributed by atoms with Crippen molar-refractivity contribution < 1.29 is 4.79 Å². The van der Waals surface area contributed by atoms with E-state index in [0.717, 1.165) is 31.5 Å². The van der Waals surface area contributed by atoms with Crippen LogP contribution < -0.4 is 5.32 Å². The number of halogens is 1. The number of carbonyl (C=O) groups is 1. The predicted molar refractivity (Wildman–Crippen MR) is 93.2 cm³/mol. The van der Waals surface area contributed by atoms with Crippen molar-refractivity contribution >= 4 is 18.3 Å². The van der Waals surface area contributed by atoms with Crippen LogP contribution in [0.3, 0.4) is 0 Å². The summed E-state index contributed by atoms with van der Waals surface area (Å²) in [6, 6.07) is 4.11. The number of carbonyl (C=O) groups excluding carboxylic acids is 1. The molecule has 7 nitrogen and oxygen atoms in total. The van der Waals surface area contributed by atoms with Gasteiger partial charge in [-0.1, -0.05) is 5.21 Å². The van der Waals surface area contributed by atoms with Crippen molar-refractivity contribution in [3.8, 4) is 0 Å². The van der Waals surface area contributed by atoms with Crippen molar-refractivity contribution in [2.45, 2.75) is 31.8 Å². The Labute approximate surface area is 147 Å². The van der Waals surface area contributed by atoms with Gasteiger partial charge in [0.25, 0.3) is 5.91 Å². The van der Waals surface area contributed by atoms with Gasteiger partial charge in [-0.25, -0.2) is 4.68 Å². The lowest BCUT2D eigenvalue weighted by Crippen LogP contribution is -2.30. The lowest BCUT2D eigenvalue weighted by molar-refractivity contribution is 0.0736. The Balaban J connectivity index is 0.00000208. The largest absolute Gasteiger partial charge is 0.334 e. The molecule has 1 saturated heterocycles. The number of aromatic nitrogens is 4. The van der Waals surface area contributed by atoms with E-state index in [9.17, 15) is 4.79 Å². The molecule has 1 atom stereocenters. The first-order valence-corrected chi connectivity index (χ1v) is 7.96. The van der Waals surface area contributed by atoms with Gasteiger partial charge in [0.15, 0.2) is 5.69 Å². The summed E-state index contributed by atoms with van der Waals surface area (Å²) in [5.41, 5.74) is 1.44. The van der Waals surface area contributed by atoms with Crippen molar-refractivity contribution in [1.29, 1.82) is 0 Å². The fourth-order valence-electron chi connectivity index (χ4n) is 2.85. The molecule has 1 unspecified atom stereocenters. The zero-order valence-corrected chi connectivity index (χ0v) is 14.7. The van der Waals surface area contributed by atoms with E-state index in [1.165, 1.54) is 0 Å². The van der Waals surface area contributed by atoms with E-state index in [4.69, 9.17) is 0 Å². The first kappa shape index (κ1) is 18.4. The first-order valence-electron chi connectivity index (χ1n) is 7.96. The molecule has 130 valence electrons. The Bertz CT molecular complexity index is 656. The van der Waals surface area contributed by atoms with Crippen LogP contribution >= 0.6 is 12.4 Å². The maximum absolute atomic E-state index is 12.6. The van der Waals surface area contributed by atoms with Gasteiger partial charge in [0.2, 0.25) is 0 Å². The van der Waals surface area contributed by atoms with Crippen LogP contribution in [-0.2, 0) is 0 Å². The summed E-state index contributed by atoms with van der Waals surface area (Å²) in [5, 5.41) is 11.6. The maximum Gasteiger partial charge on any atom is 0.276 e. The summed E-state index contributed by atoms with van der Waals surface area (Å²) in [5.74, 6) is -0.116. The summed E-state index contributed by atoms with van der Waals surface area (Å²) in [6.45, 7) is 3.95. The normalized spacial score (nSPS) is 16.2. The fourth-order valence-corrected chi connectivity index (χ4v) is 2.85. The lowest BCUT2D eigenvalue weighted by Gasteiger charge is -2.24. The molecule has 0 aliphatic carbocycles. The maximum atomic E-state index is 12.6. The van der Waals surface area contributed by atoms with Gasteiger partial charge in [0, 0.05) is 19.4 Å². The molecule has 1 N–H and O–H groups in total. The minimum Gasteiger partial charge on any atom is -0.334 e. The van der Waals surface area contributed by atoms with Crippen molar-refractivity contribution in [3.63, 3.8) is 0 Å². The van der Waals surface area contributed by atoms with Gasteiger partial charge in [0.05, 0.1) is 18.3 Å². The lowest BCUT2D eigenvalue weighted by atomic mass is 10.1. The SMILES string of the molecule is CC(c1ccncc1)N(C)C(=O)c1cn(C2CCNCC2)nn1.Cl. The van der Waals surface area contributed by atoms with Gasteiger partial charge in [0.1, 0.15) is 0 Å². The number of nitrogens with zero attached hydrogens (tertiary/aromatic N) is 5. The molecule has 24 heavy (non-hydrogen) atoms. The minimum atomic E-state index is -0.116. The van der Waals surface area contributed by atoms with Crippen molar-refractivity contribution in [2.24, 2.45) is 0 Å². The summed E-state index contributed by atoms with van der Waals surface area (Å²) in [7, 11) is 1.79. The number of nitrogens with one attached hydrogen (secondary N) is 1. The molecule has 3 rings (SSSR count). The third-order valence-corrected chi connectivity index (χ3v) is 4.50. The molecule has 0 bridgehead atoms. The van der Waals surface area contributed by atoms with E-state index in [-0.39, 0.29) is 24.4 Å². The van der Waals surface area contributed by atoms with Gasteiger partial charge in [-0.15, -0.1) is 17.5 Å². The molecule has 0 aromatic carbocycles. The standard InChI is InChI=1S/C16H22N6O.ClH/c1-12(13-3-7-17-8-4-13)21(2)16(23)15-11-22(20-19-15)14-5-9-18-10-6-14;/h3-4,7-8,11-12,14,18H,5-6,9-10H2,1-2H3;1H. The molecular formula is C16H23ClN6O. The third kappa shape index (κ3) is 3.91. The highest BCUT2D eigenvalue weighted by Gasteiger charge is 2.23. The summed E-state index contributed by atoms with van der Waals surface area (Å²) in [6.07, 6.45) is 7.27. The Morgan fingerprint density at radius 2 is 2.00 bits per heavy atom. The average molecular weight is 351 g/mol. The second-order valence-electron chi connectivity index (χ2n) is 5.94. The smallest absolute Gasteiger partial charge is 0.276 e. The molecule has 1 aliphatic rings. The topological polar surface area (TPSA) is 75.9 Å². The van der Waals surface area contributed by atoms with Crippen LogP contribution in [0.2, 0.25) is 0 Å². The average Bonchev–Trinajstić information content (AvgIpc) is 3.11. The van der Waals surface area contributed by atoms with E-state index >= 15 is 0 Å². The summed E-state index contributed by atoms with van der Waals surface area (Å²) in [4.78, 5) is 18.3. The fraction of sp³-hybridized carbons (Fsp3) is 0.500. The zero-order valence-electron chi connectivity index (χ0n) is 13.9. The van der Waals surface area contributed by atoms with Gasteiger partial charge in [-0.05, 0) is 50.6 Å². The molecule has 0 saturated carbocycles. The van der Waals surface area contributed by atoms with Crippen LogP contribution in [0.25, 0.3) is 0 Å². The number of amides is 1. The summed E-state index contributed by atoms with van der Waals surface area (Å²) >= 11 is 0. The molecule has 1 fully saturated rings. The Morgan fingerprint density at radius 1 is 1.33 bits per heavy atom. The van der Waals surface area contributed by atoms with Crippen molar-refractivity contribution in [1.82, 2.24) is 30.2 Å². The summed E-state index contributed by atoms with van der Waals surface area (Å²) < 4.78 is 1.83. The second-order valence-corrected chi connectivity index (χ2v) is 5.94. The van der Waals surface area contributed by atoms with Crippen LogP contribution in [-0.4, -0.2) is 50.9 Å². The first-order chi connectivity index (χ1) is 11.2. The van der Waals surface area contributed by atoms with E-state index in [2.05, 4.69) is 20.6 Å². The number of rotatable bonds is 4. The molecule has 1 aliphatic heterocycles. The molecule has 0 radical (unpaired) electrons. The predicted octanol–water partition coefficient (Wildman–Crippen LogP) is 1.85. The number of hydrogen-bond donors (Lipinski definition) is 1. The van der Waals surface area contributed by atoms with E-state index in [1.807, 2.05) is 23.7 Å². The molecular weight excluding hydrogens is 328 g/mol. The molecule has 2 aromatic heterocycles. The molecule has 8 heteroatoms. The zero-order chi connectivity index (χ0) is 16.2.